The Morgan fingerprint density at radius 3 is 2.68 bits per heavy atom. The first-order chi connectivity index (χ1) is 15.1. The molecule has 31 heavy (non-hydrogen) atoms. The molecule has 3 aliphatic rings. The minimum Gasteiger partial charge on any atom is -0.454 e. The molecule has 1 unspecified atom stereocenters. The number of nitrogens with zero attached hydrogens (tertiary/aromatic N) is 1. The quantitative estimate of drug-likeness (QED) is 0.724. The van der Waals surface area contributed by atoms with Crippen LogP contribution in [0.1, 0.15) is 37.7 Å². The number of urea groups is 1. The van der Waals surface area contributed by atoms with Crippen molar-refractivity contribution in [2.24, 2.45) is 0 Å². The molecule has 1 aliphatic carbocycles. The van der Waals surface area contributed by atoms with E-state index in [4.69, 9.17) is 9.47 Å². The van der Waals surface area contributed by atoms with Crippen molar-refractivity contribution in [1.29, 1.82) is 0 Å². The molecule has 6 nitrogen and oxygen atoms in total. The molecule has 2 N–H and O–H groups in total. The van der Waals surface area contributed by atoms with Crippen molar-refractivity contribution in [2.75, 3.05) is 25.2 Å². The molecule has 0 bridgehead atoms. The zero-order valence-electron chi connectivity index (χ0n) is 17.5. The summed E-state index contributed by atoms with van der Waals surface area (Å²) in [5, 5.41) is 6.19. The van der Waals surface area contributed by atoms with Gasteiger partial charge in [-0.3, -0.25) is 4.90 Å². The smallest absolute Gasteiger partial charge is 0.319 e. The lowest BCUT2D eigenvalue weighted by molar-refractivity contribution is 0.109. The number of nitrogens with one attached hydrogen (secondary N) is 2. The summed E-state index contributed by atoms with van der Waals surface area (Å²) in [5.74, 6) is 1.15. The molecular formula is C24H28FN3O3. The average Bonchev–Trinajstić information content (AvgIpc) is 3.37. The molecule has 0 aromatic heterocycles. The van der Waals surface area contributed by atoms with E-state index in [1.165, 1.54) is 12.1 Å². The van der Waals surface area contributed by atoms with E-state index in [9.17, 15) is 9.18 Å². The molecule has 2 amide bonds. The molecule has 2 aromatic carbocycles. The van der Waals surface area contributed by atoms with Crippen LogP contribution in [0.25, 0.3) is 0 Å². The normalized spacial score (nSPS) is 21.5. The predicted molar refractivity (Wildman–Crippen MR) is 116 cm³/mol. The molecule has 5 rings (SSSR count). The Kier molecular flexibility index (Phi) is 5.44. The van der Waals surface area contributed by atoms with Gasteiger partial charge in [0.15, 0.2) is 11.5 Å². The number of fused-ring (bicyclic) bond motifs is 1. The molecular weight excluding hydrogens is 397 g/mol. The van der Waals surface area contributed by atoms with E-state index in [1.54, 1.807) is 12.1 Å². The molecule has 0 radical (unpaired) electrons. The lowest BCUT2D eigenvalue weighted by Crippen LogP contribution is -2.61. The van der Waals surface area contributed by atoms with Crippen LogP contribution in [-0.4, -0.2) is 42.4 Å². The van der Waals surface area contributed by atoms with Crippen molar-refractivity contribution >= 4 is 11.7 Å². The van der Waals surface area contributed by atoms with Gasteiger partial charge < -0.3 is 20.1 Å². The largest absolute Gasteiger partial charge is 0.454 e. The first-order valence-electron chi connectivity index (χ1n) is 11.1. The van der Waals surface area contributed by atoms with Crippen LogP contribution in [0.3, 0.4) is 0 Å². The second kappa shape index (κ2) is 8.38. The van der Waals surface area contributed by atoms with Gasteiger partial charge in [0.2, 0.25) is 6.79 Å². The van der Waals surface area contributed by atoms with Crippen LogP contribution in [0.4, 0.5) is 14.9 Å². The molecule has 0 spiro atoms. The first-order valence-corrected chi connectivity index (χ1v) is 11.1. The van der Waals surface area contributed by atoms with E-state index in [0.717, 1.165) is 57.2 Å². The van der Waals surface area contributed by atoms with E-state index in [2.05, 4.69) is 15.5 Å². The first kappa shape index (κ1) is 20.1. The van der Waals surface area contributed by atoms with Crippen LogP contribution in [0.2, 0.25) is 0 Å². The lowest BCUT2D eigenvalue weighted by atomic mass is 9.76. The number of carbonyl (C=O) groups is 1. The Morgan fingerprint density at radius 2 is 1.90 bits per heavy atom. The standard InChI is InChI=1S/C24H28FN3O3/c25-18-6-4-17(5-7-18)13-20-3-1-12-28(20)15-24(10-2-11-24)27-23(29)26-19-8-9-21-22(14-19)31-16-30-21/h4-9,14,20H,1-3,10-13,15-16H2,(H2,26,27,29). The number of carbonyl (C=O) groups excluding carboxylic acids is 1. The summed E-state index contributed by atoms with van der Waals surface area (Å²) in [5.41, 5.74) is 1.66. The highest BCUT2D eigenvalue weighted by molar-refractivity contribution is 5.90. The number of hydrogen-bond donors (Lipinski definition) is 2. The van der Waals surface area contributed by atoms with Crippen LogP contribution >= 0.6 is 0 Å². The zero-order valence-corrected chi connectivity index (χ0v) is 17.5. The van der Waals surface area contributed by atoms with Crippen molar-refractivity contribution < 1.29 is 18.7 Å². The van der Waals surface area contributed by atoms with Gasteiger partial charge in [-0.2, -0.15) is 0 Å². The third-order valence-electron chi connectivity index (χ3n) is 6.71. The van der Waals surface area contributed by atoms with Gasteiger partial charge in [0, 0.05) is 24.3 Å². The summed E-state index contributed by atoms with van der Waals surface area (Å²) in [7, 11) is 0. The van der Waals surface area contributed by atoms with Gasteiger partial charge in [0.25, 0.3) is 0 Å². The summed E-state index contributed by atoms with van der Waals surface area (Å²) in [4.78, 5) is 15.3. The summed E-state index contributed by atoms with van der Waals surface area (Å²) in [6.45, 7) is 2.11. The van der Waals surface area contributed by atoms with Crippen molar-refractivity contribution in [2.45, 2.75) is 50.1 Å². The Balaban J connectivity index is 1.20. The highest BCUT2D eigenvalue weighted by atomic mass is 19.1. The number of amides is 2. The van der Waals surface area contributed by atoms with Crippen LogP contribution in [0.5, 0.6) is 11.5 Å². The molecule has 1 atom stereocenters. The molecule has 1 saturated heterocycles. The van der Waals surface area contributed by atoms with Gasteiger partial charge >= 0.3 is 6.03 Å². The fourth-order valence-electron chi connectivity index (χ4n) is 4.92. The maximum atomic E-state index is 13.2. The number of halogens is 1. The number of likely N-dealkylation sites (tertiary alicyclic amines) is 1. The third-order valence-corrected chi connectivity index (χ3v) is 6.71. The molecule has 164 valence electrons. The van der Waals surface area contributed by atoms with E-state index < -0.39 is 0 Å². The molecule has 7 heteroatoms. The van der Waals surface area contributed by atoms with E-state index >= 15 is 0 Å². The maximum absolute atomic E-state index is 13.2. The number of ether oxygens (including phenoxy) is 2. The third kappa shape index (κ3) is 4.46. The Bertz CT molecular complexity index is 946. The summed E-state index contributed by atoms with van der Waals surface area (Å²) in [6, 6.07) is 12.5. The van der Waals surface area contributed by atoms with Crippen molar-refractivity contribution in [1.82, 2.24) is 10.2 Å². The number of benzene rings is 2. The number of anilines is 1. The zero-order chi connectivity index (χ0) is 21.3. The molecule has 2 aromatic rings. The predicted octanol–water partition coefficient (Wildman–Crippen LogP) is 4.31. The fraction of sp³-hybridized carbons (Fsp3) is 0.458. The van der Waals surface area contributed by atoms with Gasteiger partial charge in [-0.25, -0.2) is 9.18 Å². The minimum atomic E-state index is -0.196. The highest BCUT2D eigenvalue weighted by Gasteiger charge is 2.42. The van der Waals surface area contributed by atoms with Gasteiger partial charge in [-0.15, -0.1) is 0 Å². The monoisotopic (exact) mass is 425 g/mol. The molecule has 2 fully saturated rings. The average molecular weight is 426 g/mol. The van der Waals surface area contributed by atoms with Crippen LogP contribution in [0, 0.1) is 5.82 Å². The van der Waals surface area contributed by atoms with Gasteiger partial charge in [0.1, 0.15) is 5.82 Å². The fourth-order valence-corrected chi connectivity index (χ4v) is 4.92. The van der Waals surface area contributed by atoms with Crippen LogP contribution in [-0.2, 0) is 6.42 Å². The summed E-state index contributed by atoms with van der Waals surface area (Å²) < 4.78 is 23.9. The van der Waals surface area contributed by atoms with E-state index in [-0.39, 0.29) is 24.2 Å². The van der Waals surface area contributed by atoms with E-state index in [0.29, 0.717) is 23.2 Å². The maximum Gasteiger partial charge on any atom is 0.319 e. The Hall–Kier alpha value is -2.80. The topological polar surface area (TPSA) is 62.8 Å². The van der Waals surface area contributed by atoms with Crippen LogP contribution < -0.4 is 20.1 Å². The SMILES string of the molecule is O=C(Nc1ccc2c(c1)OCO2)NC1(CN2CCCC2Cc2ccc(F)cc2)CCC1. The van der Waals surface area contributed by atoms with Crippen molar-refractivity contribution in [3.05, 3.63) is 53.8 Å². The van der Waals surface area contributed by atoms with Crippen LogP contribution in [0.15, 0.2) is 42.5 Å². The summed E-state index contributed by atoms with van der Waals surface area (Å²) in [6.07, 6.45) is 6.31. The second-order valence-corrected chi connectivity index (χ2v) is 8.88. The van der Waals surface area contributed by atoms with Crippen molar-refractivity contribution in [3.8, 4) is 11.5 Å². The van der Waals surface area contributed by atoms with Gasteiger partial charge in [-0.05, 0) is 74.9 Å². The highest BCUT2D eigenvalue weighted by Crippen LogP contribution is 2.36. The minimum absolute atomic E-state index is 0.187. The summed E-state index contributed by atoms with van der Waals surface area (Å²) >= 11 is 0. The Labute approximate surface area is 181 Å². The number of hydrogen-bond acceptors (Lipinski definition) is 4. The van der Waals surface area contributed by atoms with Gasteiger partial charge in [0.05, 0.1) is 5.54 Å². The molecule has 1 saturated carbocycles. The Morgan fingerprint density at radius 1 is 1.10 bits per heavy atom. The van der Waals surface area contributed by atoms with Crippen molar-refractivity contribution in [3.63, 3.8) is 0 Å². The second-order valence-electron chi connectivity index (χ2n) is 8.88. The number of rotatable bonds is 6. The van der Waals surface area contributed by atoms with Gasteiger partial charge in [-0.1, -0.05) is 12.1 Å². The molecule has 2 heterocycles. The lowest BCUT2D eigenvalue weighted by Gasteiger charge is -2.46. The van der Waals surface area contributed by atoms with E-state index in [1.807, 2.05) is 18.2 Å². The molecule has 2 aliphatic heterocycles.